The molecule has 1 N–H and O–H groups in total. The molecular weight excluding hydrogens is 254 g/mol. The Labute approximate surface area is 107 Å². The van der Waals surface area contributed by atoms with Crippen LogP contribution in [0.4, 0.5) is 5.13 Å². The van der Waals surface area contributed by atoms with Gasteiger partial charge in [-0.2, -0.15) is 0 Å². The van der Waals surface area contributed by atoms with E-state index in [0.29, 0.717) is 10.9 Å². The Kier molecular flexibility index (Phi) is 4.52. The minimum Gasteiger partial charge on any atom is -0.300 e. The average Bonchev–Trinajstić information content (AvgIpc) is 2.83. The van der Waals surface area contributed by atoms with Crippen molar-refractivity contribution in [2.45, 2.75) is 5.75 Å². The van der Waals surface area contributed by atoms with Crippen LogP contribution in [0, 0.1) is 0 Å². The van der Waals surface area contributed by atoms with E-state index in [9.17, 15) is 4.79 Å². The highest BCUT2D eigenvalue weighted by atomic mass is 32.2. The van der Waals surface area contributed by atoms with Crippen molar-refractivity contribution in [2.24, 2.45) is 0 Å². The zero-order valence-electron chi connectivity index (χ0n) is 9.00. The maximum atomic E-state index is 11.5. The van der Waals surface area contributed by atoms with E-state index in [1.807, 2.05) is 18.2 Å². The van der Waals surface area contributed by atoms with E-state index >= 15 is 0 Å². The summed E-state index contributed by atoms with van der Waals surface area (Å²) in [4.78, 5) is 11.5. The van der Waals surface area contributed by atoms with Gasteiger partial charge in [0.15, 0.2) is 0 Å². The van der Waals surface area contributed by atoms with E-state index in [2.05, 4.69) is 27.6 Å². The summed E-state index contributed by atoms with van der Waals surface area (Å²) in [5.41, 5.74) is 2.81. The van der Waals surface area contributed by atoms with Crippen LogP contribution >= 0.6 is 23.1 Å². The monoisotopic (exact) mass is 265 g/mol. The van der Waals surface area contributed by atoms with Crippen LogP contribution in [-0.2, 0) is 10.5 Å². The molecule has 0 saturated carbocycles. The molecule has 0 unspecified atom stereocenters. The third-order valence-electron chi connectivity index (χ3n) is 1.95. The normalized spacial score (nSPS) is 10.1. The van der Waals surface area contributed by atoms with Crippen LogP contribution < -0.4 is 5.32 Å². The highest BCUT2D eigenvalue weighted by molar-refractivity contribution is 7.99. The molecule has 17 heavy (non-hydrogen) atoms. The van der Waals surface area contributed by atoms with Gasteiger partial charge in [-0.15, -0.1) is 22.0 Å². The average molecular weight is 265 g/mol. The number of hydrogen-bond donors (Lipinski definition) is 1. The highest BCUT2D eigenvalue weighted by Crippen LogP contribution is 2.13. The van der Waals surface area contributed by atoms with Crippen molar-refractivity contribution in [1.29, 1.82) is 0 Å². The number of nitrogens with one attached hydrogen (secondary N) is 1. The minimum atomic E-state index is -0.0392. The summed E-state index contributed by atoms with van der Waals surface area (Å²) in [6, 6.07) is 10.1. The quantitative estimate of drug-likeness (QED) is 0.902. The highest BCUT2D eigenvalue weighted by Gasteiger charge is 2.04. The van der Waals surface area contributed by atoms with Crippen molar-refractivity contribution in [3.05, 3.63) is 41.4 Å². The number of amides is 1. The van der Waals surface area contributed by atoms with E-state index in [-0.39, 0.29) is 5.91 Å². The van der Waals surface area contributed by atoms with Gasteiger partial charge in [-0.1, -0.05) is 41.7 Å². The van der Waals surface area contributed by atoms with E-state index in [4.69, 9.17) is 0 Å². The van der Waals surface area contributed by atoms with Gasteiger partial charge in [0, 0.05) is 5.75 Å². The molecule has 0 spiro atoms. The largest absolute Gasteiger partial charge is 0.300 e. The number of carbonyl (C=O) groups is 1. The summed E-state index contributed by atoms with van der Waals surface area (Å²) in [6.07, 6.45) is 0. The first-order valence-corrected chi connectivity index (χ1v) is 7.06. The second-order valence-electron chi connectivity index (χ2n) is 3.27. The zero-order valence-corrected chi connectivity index (χ0v) is 10.6. The van der Waals surface area contributed by atoms with Gasteiger partial charge in [0.05, 0.1) is 5.75 Å². The molecule has 4 nitrogen and oxygen atoms in total. The molecule has 0 saturated heterocycles. The summed E-state index contributed by atoms with van der Waals surface area (Å²) in [5.74, 6) is 1.22. The lowest BCUT2D eigenvalue weighted by Gasteiger charge is -2.01. The van der Waals surface area contributed by atoms with Crippen molar-refractivity contribution >= 4 is 34.1 Å². The number of carbonyl (C=O) groups excluding carboxylic acids is 1. The van der Waals surface area contributed by atoms with Gasteiger partial charge < -0.3 is 0 Å². The molecule has 1 aromatic carbocycles. The summed E-state index contributed by atoms with van der Waals surface area (Å²) in [7, 11) is 0. The van der Waals surface area contributed by atoms with Crippen molar-refractivity contribution in [1.82, 2.24) is 10.2 Å². The van der Waals surface area contributed by atoms with Crippen LogP contribution in [0.25, 0.3) is 0 Å². The standard InChI is InChI=1S/C11H11N3OS2/c15-10(13-11-14-12-8-17-11)7-16-6-9-4-2-1-3-5-9/h1-5,8H,6-7H2,(H,13,14,15). The van der Waals surface area contributed by atoms with Crippen LogP contribution in [-0.4, -0.2) is 21.9 Å². The molecule has 1 amide bonds. The fourth-order valence-corrected chi connectivity index (χ4v) is 2.47. The lowest BCUT2D eigenvalue weighted by atomic mass is 10.2. The molecule has 88 valence electrons. The van der Waals surface area contributed by atoms with E-state index in [1.54, 1.807) is 17.3 Å². The molecule has 0 bridgehead atoms. The number of thioether (sulfide) groups is 1. The van der Waals surface area contributed by atoms with Gasteiger partial charge in [-0.25, -0.2) is 0 Å². The second-order valence-corrected chi connectivity index (χ2v) is 5.09. The zero-order chi connectivity index (χ0) is 11.9. The molecule has 0 fully saturated rings. The number of aromatic nitrogens is 2. The van der Waals surface area contributed by atoms with Crippen molar-refractivity contribution in [3.8, 4) is 0 Å². The smallest absolute Gasteiger partial charge is 0.236 e. The lowest BCUT2D eigenvalue weighted by Crippen LogP contribution is -2.13. The van der Waals surface area contributed by atoms with Gasteiger partial charge in [0.1, 0.15) is 5.51 Å². The Balaban J connectivity index is 1.70. The molecule has 0 atom stereocenters. The number of anilines is 1. The first kappa shape index (κ1) is 12.1. The first-order valence-electron chi connectivity index (χ1n) is 5.02. The Bertz CT molecular complexity index is 459. The van der Waals surface area contributed by atoms with Crippen LogP contribution in [0.1, 0.15) is 5.56 Å². The van der Waals surface area contributed by atoms with Gasteiger partial charge in [0.25, 0.3) is 0 Å². The van der Waals surface area contributed by atoms with Gasteiger partial charge >= 0.3 is 0 Å². The molecule has 0 radical (unpaired) electrons. The van der Waals surface area contributed by atoms with Gasteiger partial charge in [0.2, 0.25) is 11.0 Å². The fourth-order valence-electron chi connectivity index (χ4n) is 1.22. The maximum Gasteiger partial charge on any atom is 0.236 e. The minimum absolute atomic E-state index is 0.0392. The molecule has 6 heteroatoms. The number of hydrogen-bond acceptors (Lipinski definition) is 5. The predicted octanol–water partition coefficient (Wildman–Crippen LogP) is 2.41. The molecule has 1 aromatic heterocycles. The third kappa shape index (κ3) is 4.16. The molecule has 0 aliphatic heterocycles. The molecule has 2 rings (SSSR count). The molecular formula is C11H11N3OS2. The Morgan fingerprint density at radius 1 is 1.35 bits per heavy atom. The SMILES string of the molecule is O=C(CSCc1ccccc1)Nc1nncs1. The number of rotatable bonds is 5. The maximum absolute atomic E-state index is 11.5. The van der Waals surface area contributed by atoms with E-state index in [1.165, 1.54) is 16.9 Å². The van der Waals surface area contributed by atoms with Crippen molar-refractivity contribution in [2.75, 3.05) is 11.1 Å². The summed E-state index contributed by atoms with van der Waals surface area (Å²) >= 11 is 2.90. The molecule has 0 aliphatic rings. The topological polar surface area (TPSA) is 54.9 Å². The second kappa shape index (κ2) is 6.36. The lowest BCUT2D eigenvalue weighted by molar-refractivity contribution is -0.113. The van der Waals surface area contributed by atoms with E-state index < -0.39 is 0 Å². The fraction of sp³-hybridized carbons (Fsp3) is 0.182. The van der Waals surface area contributed by atoms with Crippen LogP contribution in [0.15, 0.2) is 35.8 Å². The van der Waals surface area contributed by atoms with Crippen LogP contribution in [0.3, 0.4) is 0 Å². The van der Waals surface area contributed by atoms with Crippen LogP contribution in [0.5, 0.6) is 0 Å². The summed E-state index contributed by atoms with van der Waals surface area (Å²) < 4.78 is 0. The van der Waals surface area contributed by atoms with E-state index in [0.717, 1.165) is 5.75 Å². The number of benzene rings is 1. The third-order valence-corrected chi connectivity index (χ3v) is 3.56. The Hall–Kier alpha value is -1.40. The van der Waals surface area contributed by atoms with Crippen LogP contribution in [0.2, 0.25) is 0 Å². The van der Waals surface area contributed by atoms with Gasteiger partial charge in [-0.3, -0.25) is 10.1 Å². The van der Waals surface area contributed by atoms with Gasteiger partial charge in [-0.05, 0) is 5.56 Å². The Morgan fingerprint density at radius 3 is 2.88 bits per heavy atom. The first-order chi connectivity index (χ1) is 8.34. The Morgan fingerprint density at radius 2 is 2.18 bits per heavy atom. The summed E-state index contributed by atoms with van der Waals surface area (Å²) in [6.45, 7) is 0. The molecule has 0 aliphatic carbocycles. The number of nitrogens with zero attached hydrogens (tertiary/aromatic N) is 2. The summed E-state index contributed by atoms with van der Waals surface area (Å²) in [5, 5.41) is 10.6. The van der Waals surface area contributed by atoms with Crippen molar-refractivity contribution < 1.29 is 4.79 Å². The molecule has 1 heterocycles. The predicted molar refractivity (Wildman–Crippen MR) is 71.1 cm³/mol. The van der Waals surface area contributed by atoms with Crippen molar-refractivity contribution in [3.63, 3.8) is 0 Å². The molecule has 2 aromatic rings.